The van der Waals surface area contributed by atoms with Gasteiger partial charge in [0.15, 0.2) is 0 Å². The first-order valence-corrected chi connectivity index (χ1v) is 4.64. The monoisotopic (exact) mass is 183 g/mol. The lowest BCUT2D eigenvalue weighted by molar-refractivity contribution is 0.176. The number of ether oxygens (including phenoxy) is 1. The summed E-state index contributed by atoms with van der Waals surface area (Å²) >= 11 is 0. The molecule has 0 unspecified atom stereocenters. The molecular weight excluding hydrogens is 170 g/mol. The van der Waals surface area contributed by atoms with E-state index in [9.17, 15) is 4.79 Å². The normalized spacial score (nSPS) is 12.9. The van der Waals surface area contributed by atoms with Crippen molar-refractivity contribution in [3.8, 4) is 0 Å². The van der Waals surface area contributed by atoms with E-state index in [1.54, 1.807) is 13.8 Å². The average molecular weight is 183 g/mol. The third-order valence-electron chi connectivity index (χ3n) is 1.08. The summed E-state index contributed by atoms with van der Waals surface area (Å²) in [5, 5.41) is -0.415. The Kier molecular flexibility index (Phi) is 3.64. The van der Waals surface area contributed by atoms with E-state index in [1.165, 1.54) is 0 Å². The molecule has 0 atom stereocenters. The van der Waals surface area contributed by atoms with Crippen LogP contribution in [0, 0.1) is 0 Å². The molecule has 0 aromatic rings. The molecular formula is C5H13NO4S. The van der Waals surface area contributed by atoms with Gasteiger partial charge in [-0.1, -0.05) is 0 Å². The first kappa shape index (κ1) is 10.5. The quantitative estimate of drug-likeness (QED) is 0.605. The van der Waals surface area contributed by atoms with Gasteiger partial charge in [-0.2, -0.15) is 0 Å². The molecule has 0 aliphatic heterocycles. The minimum absolute atomic E-state index is 0.415. The van der Waals surface area contributed by atoms with Crippen LogP contribution in [0.15, 0.2) is 0 Å². The van der Waals surface area contributed by atoms with Gasteiger partial charge in [-0.3, -0.25) is 9.11 Å². The zero-order valence-electron chi connectivity index (χ0n) is 6.70. The van der Waals surface area contributed by atoms with Crippen molar-refractivity contribution >= 4 is 16.9 Å². The van der Waals surface area contributed by atoms with Gasteiger partial charge < -0.3 is 4.74 Å². The molecule has 0 aromatic carbocycles. The van der Waals surface area contributed by atoms with E-state index in [0.717, 1.165) is 7.11 Å². The van der Waals surface area contributed by atoms with Crippen LogP contribution in [0.3, 0.4) is 0 Å². The molecule has 0 saturated heterocycles. The number of carbonyl (C=O) groups is 1. The van der Waals surface area contributed by atoms with Crippen LogP contribution in [0.2, 0.25) is 0 Å². The average Bonchev–Trinajstić information content (AvgIpc) is 1.86. The van der Waals surface area contributed by atoms with Crippen LogP contribution in [0.4, 0.5) is 4.79 Å². The van der Waals surface area contributed by atoms with Gasteiger partial charge in [0.25, 0.3) is 0 Å². The van der Waals surface area contributed by atoms with E-state index in [-0.39, 0.29) is 0 Å². The van der Waals surface area contributed by atoms with Crippen molar-refractivity contribution in [1.29, 1.82) is 0 Å². The highest BCUT2D eigenvalue weighted by Gasteiger charge is 2.19. The molecule has 1 amide bonds. The number of hydrogen-bond acceptors (Lipinski definition) is 4. The summed E-state index contributed by atoms with van der Waals surface area (Å²) in [6, 6.07) is 0. The molecule has 0 heterocycles. The van der Waals surface area contributed by atoms with Crippen molar-refractivity contribution in [2.24, 2.45) is 0 Å². The fraction of sp³-hybridized carbons (Fsp3) is 0.800. The van der Waals surface area contributed by atoms with Crippen molar-refractivity contribution in [2.75, 3.05) is 7.11 Å². The van der Waals surface area contributed by atoms with E-state index in [2.05, 4.69) is 4.74 Å². The number of amides is 1. The molecule has 0 aliphatic carbocycles. The van der Waals surface area contributed by atoms with Gasteiger partial charge in [-0.25, -0.2) is 9.52 Å². The molecule has 0 aromatic heterocycles. The summed E-state index contributed by atoms with van der Waals surface area (Å²) in [4.78, 5) is 10.5. The number of hydrogen-bond donors (Lipinski definition) is 3. The lowest BCUT2D eigenvalue weighted by atomic mass is 10.6. The van der Waals surface area contributed by atoms with E-state index in [1.807, 2.05) is 4.72 Å². The minimum Gasteiger partial charge on any atom is -0.452 e. The van der Waals surface area contributed by atoms with Gasteiger partial charge in [0.2, 0.25) is 0 Å². The van der Waals surface area contributed by atoms with Gasteiger partial charge in [-0.05, 0) is 13.8 Å². The minimum atomic E-state index is -3.03. The van der Waals surface area contributed by atoms with Crippen LogP contribution in [0.25, 0.3) is 0 Å². The molecule has 6 heteroatoms. The second-order valence-corrected chi connectivity index (χ2v) is 4.57. The molecule has 0 spiro atoms. The van der Waals surface area contributed by atoms with Crippen molar-refractivity contribution < 1.29 is 18.6 Å². The van der Waals surface area contributed by atoms with E-state index in [4.69, 9.17) is 9.11 Å². The number of rotatable bonds is 2. The maximum absolute atomic E-state index is 10.5. The summed E-state index contributed by atoms with van der Waals surface area (Å²) in [6.07, 6.45) is -0.835. The first-order valence-electron chi connectivity index (χ1n) is 3.03. The Morgan fingerprint density at radius 1 is 1.55 bits per heavy atom. The highest BCUT2D eigenvalue weighted by Crippen LogP contribution is 2.38. The fourth-order valence-corrected chi connectivity index (χ4v) is 0.846. The molecule has 11 heavy (non-hydrogen) atoms. The van der Waals surface area contributed by atoms with Gasteiger partial charge >= 0.3 is 6.09 Å². The Hall–Kier alpha value is -0.460. The van der Waals surface area contributed by atoms with Gasteiger partial charge in [-0.15, -0.1) is 10.8 Å². The topological polar surface area (TPSA) is 78.8 Å². The standard InChI is InChI=1S/C5H13NO4S/c1-4(2)11(8,9)6-5(7)10-3/h4,8-9H,1-3H3,(H,6,7). The third-order valence-corrected chi connectivity index (χ3v) is 2.86. The molecule has 0 fully saturated rings. The molecule has 0 rings (SSSR count). The maximum atomic E-state index is 10.5. The second-order valence-electron chi connectivity index (χ2n) is 2.24. The predicted molar refractivity (Wildman–Crippen MR) is 43.5 cm³/mol. The largest absolute Gasteiger partial charge is 0.452 e. The number of carbonyl (C=O) groups excluding carboxylic acids is 1. The summed E-state index contributed by atoms with van der Waals surface area (Å²) in [5.41, 5.74) is 0. The molecule has 3 N–H and O–H groups in total. The SMILES string of the molecule is COC(=O)NS(O)(O)C(C)C. The Morgan fingerprint density at radius 3 is 2.27 bits per heavy atom. The molecule has 0 bridgehead atoms. The Balaban J connectivity index is 4.01. The summed E-state index contributed by atoms with van der Waals surface area (Å²) < 4.78 is 24.4. The highest BCUT2D eigenvalue weighted by atomic mass is 32.3. The van der Waals surface area contributed by atoms with Gasteiger partial charge in [0, 0.05) is 0 Å². The third kappa shape index (κ3) is 3.45. The summed E-state index contributed by atoms with van der Waals surface area (Å²) in [7, 11) is -1.88. The van der Waals surface area contributed by atoms with Crippen LogP contribution >= 0.6 is 10.8 Å². The number of nitrogens with one attached hydrogen (secondary N) is 1. The van der Waals surface area contributed by atoms with E-state index < -0.39 is 22.1 Å². The molecule has 0 radical (unpaired) electrons. The van der Waals surface area contributed by atoms with Crippen LogP contribution in [-0.4, -0.2) is 27.6 Å². The van der Waals surface area contributed by atoms with E-state index >= 15 is 0 Å². The first-order chi connectivity index (χ1) is 4.90. The smallest absolute Gasteiger partial charge is 0.425 e. The van der Waals surface area contributed by atoms with Crippen molar-refractivity contribution in [2.45, 2.75) is 19.1 Å². The van der Waals surface area contributed by atoms with Crippen molar-refractivity contribution in [1.82, 2.24) is 4.72 Å². The summed E-state index contributed by atoms with van der Waals surface area (Å²) in [5.74, 6) is 0. The Labute approximate surface area is 67.2 Å². The molecule has 5 nitrogen and oxygen atoms in total. The van der Waals surface area contributed by atoms with Gasteiger partial charge in [0.1, 0.15) is 0 Å². The van der Waals surface area contributed by atoms with Crippen LogP contribution in [0.5, 0.6) is 0 Å². The lowest BCUT2D eigenvalue weighted by Gasteiger charge is -2.35. The van der Waals surface area contributed by atoms with Gasteiger partial charge in [0.05, 0.1) is 12.4 Å². The van der Waals surface area contributed by atoms with Crippen LogP contribution in [-0.2, 0) is 4.74 Å². The molecule has 0 saturated carbocycles. The van der Waals surface area contributed by atoms with Crippen LogP contribution < -0.4 is 4.72 Å². The Morgan fingerprint density at radius 2 is 2.00 bits per heavy atom. The van der Waals surface area contributed by atoms with Crippen molar-refractivity contribution in [3.05, 3.63) is 0 Å². The molecule has 0 aliphatic rings. The van der Waals surface area contributed by atoms with E-state index in [0.29, 0.717) is 0 Å². The zero-order chi connectivity index (χ0) is 9.07. The summed E-state index contributed by atoms with van der Waals surface area (Å²) in [6.45, 7) is 3.18. The zero-order valence-corrected chi connectivity index (χ0v) is 7.51. The molecule has 68 valence electrons. The second kappa shape index (κ2) is 3.80. The fourth-order valence-electron chi connectivity index (χ4n) is 0.282. The van der Waals surface area contributed by atoms with Crippen LogP contribution in [0.1, 0.15) is 13.8 Å². The Bertz CT molecular complexity index is 147. The van der Waals surface area contributed by atoms with Crippen molar-refractivity contribution in [3.63, 3.8) is 0 Å². The highest BCUT2D eigenvalue weighted by molar-refractivity contribution is 8.23. The predicted octanol–water partition coefficient (Wildman–Crippen LogP) is 1.42. The lowest BCUT2D eigenvalue weighted by Crippen LogP contribution is -2.31. The number of methoxy groups -OCH3 is 1. The maximum Gasteiger partial charge on any atom is 0.425 e.